The molecule has 0 radical (unpaired) electrons. The van der Waals surface area contributed by atoms with Crippen molar-refractivity contribution in [2.45, 2.75) is 17.7 Å². The van der Waals surface area contributed by atoms with Crippen LogP contribution in [0.25, 0.3) is 0 Å². The number of carbonyl (C=O) groups excluding carboxylic acids is 1. The van der Waals surface area contributed by atoms with Gasteiger partial charge in [-0.25, -0.2) is 12.8 Å². The summed E-state index contributed by atoms with van der Waals surface area (Å²) < 4.78 is 39.3. The first-order chi connectivity index (χ1) is 10.4. The summed E-state index contributed by atoms with van der Waals surface area (Å²) in [6.07, 6.45) is 0.835. The molecule has 1 aromatic rings. The monoisotopic (exact) mass is 365 g/mol. The number of amides is 1. The summed E-state index contributed by atoms with van der Waals surface area (Å²) in [5, 5.41) is 0. The third-order valence-corrected chi connectivity index (χ3v) is 5.53. The number of halogens is 2. The fraction of sp³-hybridized carbons (Fsp3) is 0.500. The summed E-state index contributed by atoms with van der Waals surface area (Å²) in [7, 11) is -3.66. The molecular formula is C14H21ClFN3O3S. The van der Waals surface area contributed by atoms with Gasteiger partial charge in [0.05, 0.1) is 4.90 Å². The molecule has 0 atom stereocenters. The van der Waals surface area contributed by atoms with Crippen LogP contribution in [0.15, 0.2) is 29.2 Å². The van der Waals surface area contributed by atoms with Crippen molar-refractivity contribution in [1.29, 1.82) is 0 Å². The van der Waals surface area contributed by atoms with Crippen molar-refractivity contribution in [3.63, 3.8) is 0 Å². The van der Waals surface area contributed by atoms with E-state index in [1.165, 1.54) is 16.4 Å². The van der Waals surface area contributed by atoms with Crippen LogP contribution < -0.4 is 5.73 Å². The number of hydrogen-bond donors (Lipinski definition) is 1. The number of rotatable bonds is 4. The summed E-state index contributed by atoms with van der Waals surface area (Å²) in [4.78, 5) is 13.6. The number of carbonyl (C=O) groups is 1. The lowest BCUT2D eigenvalue weighted by Crippen LogP contribution is -2.37. The Bertz CT molecular complexity index is 625. The normalized spacial score (nSPS) is 16.5. The molecule has 23 heavy (non-hydrogen) atoms. The first-order valence-electron chi connectivity index (χ1n) is 7.18. The molecule has 1 aliphatic rings. The molecule has 130 valence electrons. The van der Waals surface area contributed by atoms with Gasteiger partial charge >= 0.3 is 0 Å². The van der Waals surface area contributed by atoms with E-state index in [9.17, 15) is 17.6 Å². The summed E-state index contributed by atoms with van der Waals surface area (Å²) in [5.74, 6) is -0.531. The molecule has 0 aliphatic carbocycles. The zero-order valence-electron chi connectivity index (χ0n) is 12.7. The van der Waals surface area contributed by atoms with Crippen LogP contribution in [0.3, 0.4) is 0 Å². The maximum absolute atomic E-state index is 12.9. The number of hydrogen-bond acceptors (Lipinski definition) is 4. The van der Waals surface area contributed by atoms with Gasteiger partial charge in [-0.15, -0.1) is 12.4 Å². The van der Waals surface area contributed by atoms with E-state index in [1.54, 1.807) is 4.90 Å². The van der Waals surface area contributed by atoms with Gasteiger partial charge in [0.15, 0.2) is 0 Å². The first-order valence-corrected chi connectivity index (χ1v) is 8.62. The maximum atomic E-state index is 12.9. The van der Waals surface area contributed by atoms with Crippen molar-refractivity contribution in [1.82, 2.24) is 9.21 Å². The number of sulfonamides is 1. The molecule has 9 heteroatoms. The van der Waals surface area contributed by atoms with Gasteiger partial charge in [0.25, 0.3) is 0 Å². The lowest BCUT2D eigenvalue weighted by atomic mass is 10.3. The van der Waals surface area contributed by atoms with Crippen LogP contribution in [0.5, 0.6) is 0 Å². The fourth-order valence-electron chi connectivity index (χ4n) is 2.42. The van der Waals surface area contributed by atoms with E-state index in [0.29, 0.717) is 26.1 Å². The topological polar surface area (TPSA) is 83.7 Å². The van der Waals surface area contributed by atoms with Crippen molar-refractivity contribution in [3.8, 4) is 0 Å². The third kappa shape index (κ3) is 4.87. The molecule has 1 fully saturated rings. The van der Waals surface area contributed by atoms with E-state index in [4.69, 9.17) is 5.73 Å². The Balaban J connectivity index is 0.00000264. The molecule has 0 bridgehead atoms. The summed E-state index contributed by atoms with van der Waals surface area (Å²) >= 11 is 0. The fourth-order valence-corrected chi connectivity index (χ4v) is 3.89. The molecule has 0 spiro atoms. The lowest BCUT2D eigenvalue weighted by molar-refractivity contribution is -0.130. The highest BCUT2D eigenvalue weighted by molar-refractivity contribution is 7.89. The molecule has 0 unspecified atom stereocenters. The van der Waals surface area contributed by atoms with Crippen LogP contribution in [0.4, 0.5) is 4.39 Å². The van der Waals surface area contributed by atoms with Gasteiger partial charge in [-0.1, -0.05) is 0 Å². The Labute approximate surface area is 141 Å². The molecular weight excluding hydrogens is 345 g/mol. The summed E-state index contributed by atoms with van der Waals surface area (Å²) in [6.45, 7) is 1.72. The van der Waals surface area contributed by atoms with Gasteiger partial charge in [0.2, 0.25) is 15.9 Å². The molecule has 6 nitrogen and oxygen atoms in total. The Morgan fingerprint density at radius 3 is 2.39 bits per heavy atom. The second-order valence-corrected chi connectivity index (χ2v) is 7.07. The van der Waals surface area contributed by atoms with Crippen molar-refractivity contribution in [2.75, 3.05) is 32.7 Å². The van der Waals surface area contributed by atoms with E-state index in [0.717, 1.165) is 12.1 Å². The molecule has 1 aromatic carbocycles. The Kier molecular flexibility index (Phi) is 7.40. The SMILES string of the molecule is Cl.NCCC(=O)N1CCCN(S(=O)(=O)c2ccc(F)cc2)CC1. The highest BCUT2D eigenvalue weighted by atomic mass is 35.5. The molecule has 0 aromatic heterocycles. The minimum absolute atomic E-state index is 0. The molecule has 0 saturated carbocycles. The minimum atomic E-state index is -3.66. The van der Waals surface area contributed by atoms with E-state index in [1.807, 2.05) is 0 Å². The maximum Gasteiger partial charge on any atom is 0.243 e. The predicted octanol–water partition coefficient (Wildman–Crippen LogP) is 0.819. The van der Waals surface area contributed by atoms with Crippen LogP contribution >= 0.6 is 12.4 Å². The van der Waals surface area contributed by atoms with E-state index < -0.39 is 15.8 Å². The number of nitrogens with two attached hydrogens (primary N) is 1. The second kappa shape index (κ2) is 8.58. The summed E-state index contributed by atoms with van der Waals surface area (Å²) in [5.41, 5.74) is 5.38. The van der Waals surface area contributed by atoms with Crippen molar-refractivity contribution in [2.24, 2.45) is 5.73 Å². The first kappa shape index (κ1) is 19.8. The van der Waals surface area contributed by atoms with Gasteiger partial charge in [0, 0.05) is 39.1 Å². The quantitative estimate of drug-likeness (QED) is 0.856. The van der Waals surface area contributed by atoms with Crippen LogP contribution in [-0.4, -0.2) is 56.3 Å². The highest BCUT2D eigenvalue weighted by Gasteiger charge is 2.27. The minimum Gasteiger partial charge on any atom is -0.341 e. The molecule has 1 saturated heterocycles. The molecule has 2 N–H and O–H groups in total. The Morgan fingerprint density at radius 1 is 1.13 bits per heavy atom. The van der Waals surface area contributed by atoms with Crippen LogP contribution in [0, 0.1) is 5.82 Å². The largest absolute Gasteiger partial charge is 0.341 e. The Morgan fingerprint density at radius 2 is 1.78 bits per heavy atom. The van der Waals surface area contributed by atoms with Gasteiger partial charge < -0.3 is 10.6 Å². The average Bonchev–Trinajstić information content (AvgIpc) is 2.74. The van der Waals surface area contributed by atoms with E-state index in [-0.39, 0.29) is 42.7 Å². The van der Waals surface area contributed by atoms with Crippen molar-refractivity contribution >= 4 is 28.3 Å². The van der Waals surface area contributed by atoms with Crippen molar-refractivity contribution in [3.05, 3.63) is 30.1 Å². The van der Waals surface area contributed by atoms with Gasteiger partial charge in [-0.3, -0.25) is 4.79 Å². The zero-order chi connectivity index (χ0) is 16.2. The Hall–Kier alpha value is -1.22. The predicted molar refractivity (Wildman–Crippen MR) is 87.3 cm³/mol. The van der Waals surface area contributed by atoms with E-state index >= 15 is 0 Å². The second-order valence-electron chi connectivity index (χ2n) is 5.13. The van der Waals surface area contributed by atoms with Gasteiger partial charge in [-0.2, -0.15) is 4.31 Å². The zero-order valence-corrected chi connectivity index (χ0v) is 14.3. The molecule has 1 aliphatic heterocycles. The third-order valence-electron chi connectivity index (χ3n) is 3.62. The van der Waals surface area contributed by atoms with Crippen LogP contribution in [-0.2, 0) is 14.8 Å². The van der Waals surface area contributed by atoms with Crippen molar-refractivity contribution < 1.29 is 17.6 Å². The van der Waals surface area contributed by atoms with Gasteiger partial charge in [0.1, 0.15) is 5.82 Å². The smallest absolute Gasteiger partial charge is 0.243 e. The van der Waals surface area contributed by atoms with Gasteiger partial charge in [-0.05, 0) is 30.7 Å². The van der Waals surface area contributed by atoms with Crippen LogP contribution in [0.1, 0.15) is 12.8 Å². The number of benzene rings is 1. The van der Waals surface area contributed by atoms with Crippen LogP contribution in [0.2, 0.25) is 0 Å². The summed E-state index contributed by atoms with van der Waals surface area (Å²) in [6, 6.07) is 4.77. The molecule has 2 rings (SSSR count). The molecule has 1 amide bonds. The molecule has 1 heterocycles. The number of nitrogens with zero attached hydrogens (tertiary/aromatic N) is 2. The standard InChI is InChI=1S/C14H20FN3O3S.ClH/c15-12-2-4-13(5-3-12)22(20,21)18-9-1-8-17(10-11-18)14(19)6-7-16;/h2-5H,1,6-11,16H2;1H. The highest BCUT2D eigenvalue weighted by Crippen LogP contribution is 2.18. The average molecular weight is 366 g/mol. The van der Waals surface area contributed by atoms with E-state index in [2.05, 4.69) is 0 Å². The lowest BCUT2D eigenvalue weighted by Gasteiger charge is -2.21.